The summed E-state index contributed by atoms with van der Waals surface area (Å²) in [6, 6.07) is 4.00. The lowest BCUT2D eigenvalue weighted by molar-refractivity contribution is 0.0743. The number of nitrogens with one attached hydrogen (secondary N) is 1. The molecule has 1 fully saturated rings. The van der Waals surface area contributed by atoms with E-state index in [0.717, 1.165) is 25.3 Å². The molecule has 1 aromatic heterocycles. The highest BCUT2D eigenvalue weighted by atomic mass is 35.5. The van der Waals surface area contributed by atoms with Crippen molar-refractivity contribution in [1.82, 2.24) is 15.2 Å². The highest BCUT2D eigenvalue weighted by Crippen LogP contribution is 2.13. The number of hydrogen-bond donors (Lipinski definition) is 1. The van der Waals surface area contributed by atoms with Crippen molar-refractivity contribution in [2.45, 2.75) is 12.5 Å². The quantitative estimate of drug-likeness (QED) is 0.915. The van der Waals surface area contributed by atoms with Gasteiger partial charge in [-0.25, -0.2) is 4.98 Å². The Morgan fingerprint density at radius 3 is 2.45 bits per heavy atom. The van der Waals surface area contributed by atoms with Crippen LogP contribution in [-0.2, 0) is 0 Å². The van der Waals surface area contributed by atoms with Crippen LogP contribution >= 0.6 is 24.8 Å². The Hall–Kier alpha value is -1.04. The average molecular weight is 321 g/mol. The molecule has 0 aromatic carbocycles. The Labute approximate surface area is 132 Å². The van der Waals surface area contributed by atoms with Gasteiger partial charge in [0.2, 0.25) is 0 Å². The second-order valence-electron chi connectivity index (χ2n) is 4.86. The number of carbonyl (C=O) groups excluding carboxylic acids is 1. The smallest absolute Gasteiger partial charge is 0.255 e. The number of likely N-dealkylation sites (N-methyl/N-ethyl adjacent to an activating group) is 1. The summed E-state index contributed by atoms with van der Waals surface area (Å²) in [5.41, 5.74) is 0.648. The Kier molecular flexibility index (Phi) is 7.86. The molecule has 1 unspecified atom stereocenters. The van der Waals surface area contributed by atoms with Crippen LogP contribution in [0.25, 0.3) is 0 Å². The lowest BCUT2D eigenvalue weighted by atomic mass is 10.2. The fourth-order valence-corrected chi connectivity index (χ4v) is 2.12. The molecule has 114 valence electrons. The third kappa shape index (κ3) is 4.23. The zero-order valence-corrected chi connectivity index (χ0v) is 13.6. The fourth-order valence-electron chi connectivity index (χ4n) is 2.12. The van der Waals surface area contributed by atoms with Gasteiger partial charge in [0.15, 0.2) is 0 Å². The van der Waals surface area contributed by atoms with Crippen molar-refractivity contribution in [2.24, 2.45) is 0 Å². The molecule has 1 aliphatic heterocycles. The molecule has 0 aliphatic carbocycles. The minimum atomic E-state index is 0. The number of aromatic nitrogens is 1. The predicted molar refractivity (Wildman–Crippen MR) is 86.4 cm³/mol. The summed E-state index contributed by atoms with van der Waals surface area (Å²) >= 11 is 0. The molecular weight excluding hydrogens is 299 g/mol. The molecule has 1 aromatic rings. The molecule has 0 spiro atoms. The fraction of sp³-hybridized carbons (Fsp3) is 0.538. The van der Waals surface area contributed by atoms with Gasteiger partial charge in [0, 0.05) is 39.9 Å². The van der Waals surface area contributed by atoms with Crippen molar-refractivity contribution in [3.05, 3.63) is 23.9 Å². The van der Waals surface area contributed by atoms with E-state index in [0.29, 0.717) is 11.6 Å². The lowest BCUT2D eigenvalue weighted by Crippen LogP contribution is -2.38. The first kappa shape index (κ1) is 19.0. The van der Waals surface area contributed by atoms with Crippen LogP contribution < -0.4 is 10.2 Å². The second-order valence-corrected chi connectivity index (χ2v) is 4.86. The highest BCUT2D eigenvalue weighted by Gasteiger charge is 2.24. The Balaban J connectivity index is 0.00000180. The molecule has 2 heterocycles. The van der Waals surface area contributed by atoms with Crippen molar-refractivity contribution in [2.75, 3.05) is 39.1 Å². The maximum Gasteiger partial charge on any atom is 0.255 e. The predicted octanol–water partition coefficient (Wildman–Crippen LogP) is 1.43. The molecule has 0 radical (unpaired) electrons. The van der Waals surface area contributed by atoms with E-state index in [9.17, 15) is 4.79 Å². The summed E-state index contributed by atoms with van der Waals surface area (Å²) in [7, 11) is 5.72. The standard InChI is InChI=1S/C13H20N4O.2ClH/c1-16(2)12-5-4-10(8-15-12)13(18)17(3)11-6-7-14-9-11;;/h4-5,8,11,14H,6-7,9H2,1-3H3;2*1H. The molecule has 7 heteroatoms. The molecule has 1 saturated heterocycles. The van der Waals surface area contributed by atoms with Crippen molar-refractivity contribution < 1.29 is 4.79 Å². The first-order valence-corrected chi connectivity index (χ1v) is 6.21. The Morgan fingerprint density at radius 1 is 1.30 bits per heavy atom. The molecule has 1 aliphatic rings. The maximum atomic E-state index is 12.3. The SMILES string of the molecule is CN(C)c1ccc(C(=O)N(C)C2CCNC2)cn1.Cl.Cl. The van der Waals surface area contributed by atoms with Gasteiger partial charge in [-0.1, -0.05) is 0 Å². The normalized spacial score (nSPS) is 16.9. The van der Waals surface area contributed by atoms with E-state index in [1.54, 1.807) is 6.20 Å². The third-order valence-electron chi connectivity index (χ3n) is 3.36. The number of amides is 1. The van der Waals surface area contributed by atoms with E-state index < -0.39 is 0 Å². The van der Waals surface area contributed by atoms with Crippen molar-refractivity contribution >= 4 is 36.5 Å². The zero-order chi connectivity index (χ0) is 13.1. The van der Waals surface area contributed by atoms with Crippen LogP contribution in [0.1, 0.15) is 16.8 Å². The molecule has 0 saturated carbocycles. The van der Waals surface area contributed by atoms with Crippen LogP contribution in [-0.4, -0.2) is 56.1 Å². The van der Waals surface area contributed by atoms with Gasteiger partial charge >= 0.3 is 0 Å². The van der Waals surface area contributed by atoms with Gasteiger partial charge in [-0.2, -0.15) is 0 Å². The third-order valence-corrected chi connectivity index (χ3v) is 3.36. The molecule has 0 bridgehead atoms. The number of pyridine rings is 1. The summed E-state index contributed by atoms with van der Waals surface area (Å²) in [5.74, 6) is 0.901. The number of anilines is 1. The van der Waals surface area contributed by atoms with Gasteiger partial charge in [0.25, 0.3) is 5.91 Å². The summed E-state index contributed by atoms with van der Waals surface area (Å²) in [4.78, 5) is 20.3. The minimum absolute atomic E-state index is 0. The van der Waals surface area contributed by atoms with Gasteiger partial charge < -0.3 is 15.1 Å². The number of carbonyl (C=O) groups is 1. The van der Waals surface area contributed by atoms with E-state index in [1.807, 2.05) is 43.1 Å². The molecule has 5 nitrogen and oxygen atoms in total. The largest absolute Gasteiger partial charge is 0.363 e. The van der Waals surface area contributed by atoms with Gasteiger partial charge in [0.1, 0.15) is 5.82 Å². The number of hydrogen-bond acceptors (Lipinski definition) is 4. The van der Waals surface area contributed by atoms with Crippen molar-refractivity contribution in [3.63, 3.8) is 0 Å². The van der Waals surface area contributed by atoms with Gasteiger partial charge in [0.05, 0.1) is 5.56 Å². The first-order valence-electron chi connectivity index (χ1n) is 6.21. The van der Waals surface area contributed by atoms with E-state index in [2.05, 4.69) is 10.3 Å². The Bertz CT molecular complexity index is 419. The summed E-state index contributed by atoms with van der Waals surface area (Å²) < 4.78 is 0. The average Bonchev–Trinajstić information content (AvgIpc) is 2.91. The molecule has 20 heavy (non-hydrogen) atoms. The van der Waals surface area contributed by atoms with Crippen LogP contribution in [0.5, 0.6) is 0 Å². The second kappa shape index (κ2) is 8.29. The van der Waals surface area contributed by atoms with Gasteiger partial charge in [-0.3, -0.25) is 4.79 Å². The summed E-state index contributed by atoms with van der Waals surface area (Å²) in [6.45, 7) is 1.87. The number of nitrogens with zero attached hydrogens (tertiary/aromatic N) is 3. The Morgan fingerprint density at radius 2 is 2.00 bits per heavy atom. The van der Waals surface area contributed by atoms with Gasteiger partial charge in [-0.15, -0.1) is 24.8 Å². The first-order chi connectivity index (χ1) is 8.59. The number of halogens is 2. The van der Waals surface area contributed by atoms with Crippen molar-refractivity contribution in [1.29, 1.82) is 0 Å². The van der Waals surface area contributed by atoms with Crippen LogP contribution in [0.2, 0.25) is 0 Å². The van der Waals surface area contributed by atoms with Crippen LogP contribution in [0.4, 0.5) is 5.82 Å². The van der Waals surface area contributed by atoms with Crippen LogP contribution in [0, 0.1) is 0 Å². The van der Waals surface area contributed by atoms with Gasteiger partial charge in [-0.05, 0) is 25.1 Å². The highest BCUT2D eigenvalue weighted by molar-refractivity contribution is 5.94. The van der Waals surface area contributed by atoms with E-state index >= 15 is 0 Å². The summed E-state index contributed by atoms with van der Waals surface area (Å²) in [5, 5.41) is 3.27. The molecule has 1 atom stereocenters. The lowest BCUT2D eigenvalue weighted by Gasteiger charge is -2.23. The minimum Gasteiger partial charge on any atom is -0.363 e. The monoisotopic (exact) mass is 320 g/mol. The molecule has 1 amide bonds. The van der Waals surface area contributed by atoms with E-state index in [1.165, 1.54) is 0 Å². The number of rotatable bonds is 3. The topological polar surface area (TPSA) is 48.5 Å². The van der Waals surface area contributed by atoms with Crippen molar-refractivity contribution in [3.8, 4) is 0 Å². The molecule has 1 N–H and O–H groups in total. The van der Waals surface area contributed by atoms with E-state index in [4.69, 9.17) is 0 Å². The zero-order valence-electron chi connectivity index (χ0n) is 12.0. The molecule has 2 rings (SSSR count). The van der Waals surface area contributed by atoms with E-state index in [-0.39, 0.29) is 30.7 Å². The maximum absolute atomic E-state index is 12.3. The van der Waals surface area contributed by atoms with Crippen LogP contribution in [0.3, 0.4) is 0 Å². The van der Waals surface area contributed by atoms with Crippen LogP contribution in [0.15, 0.2) is 18.3 Å². The summed E-state index contributed by atoms with van der Waals surface area (Å²) in [6.07, 6.45) is 2.67. The molecular formula is C13H22Cl2N4O.